The summed E-state index contributed by atoms with van der Waals surface area (Å²) < 4.78 is 0. The third-order valence-electron chi connectivity index (χ3n) is 7.17. The van der Waals surface area contributed by atoms with Crippen LogP contribution >= 0.6 is 0 Å². The predicted octanol–water partition coefficient (Wildman–Crippen LogP) is 1.40. The maximum Gasteiger partial charge on any atom is 0.326 e. The van der Waals surface area contributed by atoms with Gasteiger partial charge in [-0.2, -0.15) is 0 Å². The van der Waals surface area contributed by atoms with Gasteiger partial charge in [0.1, 0.15) is 23.9 Å². The van der Waals surface area contributed by atoms with Gasteiger partial charge < -0.3 is 31.5 Å². The Labute approximate surface area is 212 Å². The molecule has 1 fully saturated rings. The van der Waals surface area contributed by atoms with Crippen molar-refractivity contribution in [1.29, 1.82) is 0 Å². The fourth-order valence-electron chi connectivity index (χ4n) is 4.27. The average Bonchev–Trinajstić information content (AvgIpc) is 3.36. The van der Waals surface area contributed by atoms with Gasteiger partial charge in [0, 0.05) is 13.0 Å². The van der Waals surface area contributed by atoms with Crippen LogP contribution in [-0.2, 0) is 25.6 Å². The normalized spacial score (nSPS) is 19.6. The van der Waals surface area contributed by atoms with Gasteiger partial charge in [-0.3, -0.25) is 14.4 Å². The van der Waals surface area contributed by atoms with Crippen LogP contribution < -0.4 is 16.4 Å². The molecule has 1 aromatic rings. The predicted molar refractivity (Wildman–Crippen MR) is 135 cm³/mol. The molecule has 0 bridgehead atoms. The molecule has 0 unspecified atom stereocenters. The molecule has 1 heterocycles. The average molecular weight is 505 g/mol. The molecule has 1 aliphatic heterocycles. The van der Waals surface area contributed by atoms with Crippen LogP contribution in [0.3, 0.4) is 0 Å². The molecule has 1 aromatic carbocycles. The third-order valence-corrected chi connectivity index (χ3v) is 7.17. The number of likely N-dealkylation sites (tertiary alicyclic amines) is 1. The number of aliphatic carboxylic acids is 1. The van der Waals surface area contributed by atoms with Crippen LogP contribution in [0, 0.1) is 11.8 Å². The minimum absolute atomic E-state index is 0.0386. The SMILES string of the molecule is CC[C@@H](C)[C@@H](N)C(=O)N1CCC[C@H]1C(=O)N[C@@H](Cc1ccc(O)cc1)C(=O)N[C@@H](C(=O)O)[C@H](C)CC. The molecule has 1 saturated heterocycles. The van der Waals surface area contributed by atoms with E-state index in [1.165, 1.54) is 17.0 Å². The molecule has 2 rings (SSSR count). The smallest absolute Gasteiger partial charge is 0.326 e. The minimum atomic E-state index is -1.15. The number of rotatable bonds is 12. The Morgan fingerprint density at radius 3 is 2.22 bits per heavy atom. The van der Waals surface area contributed by atoms with E-state index in [9.17, 15) is 29.4 Å². The zero-order valence-electron chi connectivity index (χ0n) is 21.6. The number of phenols is 1. The molecule has 36 heavy (non-hydrogen) atoms. The number of hydrogen-bond donors (Lipinski definition) is 5. The van der Waals surface area contributed by atoms with Crippen molar-refractivity contribution in [2.75, 3.05) is 6.54 Å². The summed E-state index contributed by atoms with van der Waals surface area (Å²) in [7, 11) is 0. The van der Waals surface area contributed by atoms with Crippen LogP contribution in [0.2, 0.25) is 0 Å². The summed E-state index contributed by atoms with van der Waals surface area (Å²) in [5, 5.41) is 24.5. The van der Waals surface area contributed by atoms with E-state index in [0.717, 1.165) is 6.42 Å². The van der Waals surface area contributed by atoms with Gasteiger partial charge in [0.05, 0.1) is 6.04 Å². The number of carbonyl (C=O) groups excluding carboxylic acids is 3. The third kappa shape index (κ3) is 7.43. The van der Waals surface area contributed by atoms with E-state index in [1.807, 2.05) is 20.8 Å². The Bertz CT molecular complexity index is 922. The van der Waals surface area contributed by atoms with Gasteiger partial charge in [-0.25, -0.2) is 4.79 Å². The van der Waals surface area contributed by atoms with E-state index in [1.54, 1.807) is 19.1 Å². The molecule has 0 spiro atoms. The first-order valence-electron chi connectivity index (χ1n) is 12.7. The lowest BCUT2D eigenvalue weighted by atomic mass is 9.97. The van der Waals surface area contributed by atoms with Crippen molar-refractivity contribution < 1.29 is 29.4 Å². The number of nitrogens with one attached hydrogen (secondary N) is 2. The Morgan fingerprint density at radius 1 is 1.06 bits per heavy atom. The van der Waals surface area contributed by atoms with Crippen LogP contribution in [0.1, 0.15) is 58.9 Å². The minimum Gasteiger partial charge on any atom is -0.508 e. The van der Waals surface area contributed by atoms with Gasteiger partial charge in [-0.05, 0) is 42.4 Å². The highest BCUT2D eigenvalue weighted by molar-refractivity contribution is 5.94. The van der Waals surface area contributed by atoms with Gasteiger partial charge in [0.15, 0.2) is 0 Å². The van der Waals surface area contributed by atoms with Crippen LogP contribution in [0.25, 0.3) is 0 Å². The number of phenolic OH excluding ortho intramolecular Hbond substituents is 1. The molecule has 0 saturated carbocycles. The Kier molecular flexibility index (Phi) is 10.7. The molecule has 0 aliphatic carbocycles. The van der Waals surface area contributed by atoms with Crippen LogP contribution in [0.5, 0.6) is 5.75 Å². The second kappa shape index (κ2) is 13.2. The highest BCUT2D eigenvalue weighted by Crippen LogP contribution is 2.21. The second-order valence-corrected chi connectivity index (χ2v) is 9.74. The fraction of sp³-hybridized carbons (Fsp3) is 0.615. The van der Waals surface area contributed by atoms with E-state index < -0.39 is 42.0 Å². The molecule has 10 heteroatoms. The Balaban J connectivity index is 2.24. The van der Waals surface area contributed by atoms with Crippen molar-refractivity contribution in [2.24, 2.45) is 17.6 Å². The van der Waals surface area contributed by atoms with E-state index in [2.05, 4.69) is 10.6 Å². The van der Waals surface area contributed by atoms with Crippen molar-refractivity contribution in [1.82, 2.24) is 15.5 Å². The number of amides is 3. The summed E-state index contributed by atoms with van der Waals surface area (Å²) in [6, 6.07) is 2.54. The maximum absolute atomic E-state index is 13.3. The monoisotopic (exact) mass is 504 g/mol. The summed E-state index contributed by atoms with van der Waals surface area (Å²) in [6.45, 7) is 7.81. The molecule has 10 nitrogen and oxygen atoms in total. The van der Waals surface area contributed by atoms with Gasteiger partial charge in [-0.1, -0.05) is 52.7 Å². The first-order valence-corrected chi connectivity index (χ1v) is 12.7. The maximum atomic E-state index is 13.3. The lowest BCUT2D eigenvalue weighted by Crippen LogP contribution is -2.58. The van der Waals surface area contributed by atoms with Crippen molar-refractivity contribution in [3.8, 4) is 5.75 Å². The molecule has 6 atom stereocenters. The first-order chi connectivity index (χ1) is 17.0. The standard InChI is InChI=1S/C26H40N4O6/c1-5-15(3)21(27)25(34)30-13-7-8-20(30)24(33)28-19(14-17-9-11-18(31)12-10-17)23(32)29-22(26(35)36)16(4)6-2/h9-12,15-16,19-22,31H,5-8,13-14,27H2,1-4H3,(H,28,33)(H,29,32)(H,35,36)/t15-,16-,19+,20+,21-,22-/m1/s1. The van der Waals surface area contributed by atoms with Crippen LogP contribution in [0.15, 0.2) is 24.3 Å². The summed E-state index contributed by atoms with van der Waals surface area (Å²) >= 11 is 0. The van der Waals surface area contributed by atoms with E-state index in [4.69, 9.17) is 5.73 Å². The second-order valence-electron chi connectivity index (χ2n) is 9.74. The molecule has 6 N–H and O–H groups in total. The number of nitrogens with zero attached hydrogens (tertiary/aromatic N) is 1. The number of benzene rings is 1. The lowest BCUT2D eigenvalue weighted by Gasteiger charge is -2.30. The van der Waals surface area contributed by atoms with Crippen LogP contribution in [0.4, 0.5) is 0 Å². The molecular weight excluding hydrogens is 464 g/mol. The van der Waals surface area contributed by atoms with Gasteiger partial charge in [0.25, 0.3) is 0 Å². The molecule has 3 amide bonds. The molecular formula is C26H40N4O6. The molecule has 0 radical (unpaired) electrons. The summed E-state index contributed by atoms with van der Waals surface area (Å²) in [5.74, 6) is -2.85. The molecule has 1 aliphatic rings. The Morgan fingerprint density at radius 2 is 1.67 bits per heavy atom. The van der Waals surface area contributed by atoms with E-state index >= 15 is 0 Å². The van der Waals surface area contributed by atoms with Crippen molar-refractivity contribution >= 4 is 23.7 Å². The van der Waals surface area contributed by atoms with Crippen molar-refractivity contribution in [2.45, 2.75) is 84.0 Å². The van der Waals surface area contributed by atoms with E-state index in [0.29, 0.717) is 31.4 Å². The summed E-state index contributed by atoms with van der Waals surface area (Å²) in [4.78, 5) is 52.8. The number of hydrogen-bond acceptors (Lipinski definition) is 6. The fourth-order valence-corrected chi connectivity index (χ4v) is 4.27. The number of aromatic hydroxyl groups is 1. The van der Waals surface area contributed by atoms with Gasteiger partial charge >= 0.3 is 5.97 Å². The van der Waals surface area contributed by atoms with E-state index in [-0.39, 0.29) is 29.9 Å². The zero-order valence-corrected chi connectivity index (χ0v) is 21.6. The number of carbonyl (C=O) groups is 4. The Hall–Kier alpha value is -3.14. The number of nitrogens with two attached hydrogens (primary N) is 1. The largest absolute Gasteiger partial charge is 0.508 e. The lowest BCUT2D eigenvalue weighted by molar-refractivity contribution is -0.144. The van der Waals surface area contributed by atoms with Gasteiger partial charge in [-0.15, -0.1) is 0 Å². The van der Waals surface area contributed by atoms with Crippen LogP contribution in [-0.4, -0.2) is 69.5 Å². The first kappa shape index (κ1) is 29.1. The highest BCUT2D eigenvalue weighted by Gasteiger charge is 2.39. The number of carboxylic acids is 1. The molecule has 0 aromatic heterocycles. The summed E-state index contributed by atoms with van der Waals surface area (Å²) in [6.07, 6.45) is 2.44. The van der Waals surface area contributed by atoms with Crippen molar-refractivity contribution in [3.05, 3.63) is 29.8 Å². The number of carboxylic acid groups (broad SMARTS) is 1. The summed E-state index contributed by atoms with van der Waals surface area (Å²) in [5.41, 5.74) is 6.81. The van der Waals surface area contributed by atoms with Crippen molar-refractivity contribution in [3.63, 3.8) is 0 Å². The van der Waals surface area contributed by atoms with Gasteiger partial charge in [0.2, 0.25) is 17.7 Å². The zero-order chi connectivity index (χ0) is 27.0. The highest BCUT2D eigenvalue weighted by atomic mass is 16.4. The molecule has 200 valence electrons. The topological polar surface area (TPSA) is 162 Å². The quantitative estimate of drug-likeness (QED) is 0.287.